The lowest BCUT2D eigenvalue weighted by Crippen LogP contribution is -2.46. The molecule has 0 fully saturated rings. The lowest BCUT2D eigenvalue weighted by molar-refractivity contribution is -0.127. The summed E-state index contributed by atoms with van der Waals surface area (Å²) in [4.78, 5) is 24.6. The van der Waals surface area contributed by atoms with Crippen molar-refractivity contribution in [1.29, 1.82) is 0 Å². The number of aromatic nitrogens is 2. The highest BCUT2D eigenvalue weighted by atomic mass is 16.3. The molecular weight excluding hydrogens is 466 g/mol. The average Bonchev–Trinajstić information content (AvgIpc) is 2.90. The lowest BCUT2D eigenvalue weighted by Gasteiger charge is -2.31. The van der Waals surface area contributed by atoms with E-state index in [1.165, 1.54) is 0 Å². The molecule has 4 rings (SSSR count). The van der Waals surface area contributed by atoms with E-state index in [1.54, 1.807) is 4.90 Å². The van der Waals surface area contributed by atoms with Gasteiger partial charge in [0.15, 0.2) is 5.82 Å². The van der Waals surface area contributed by atoms with E-state index >= 15 is 0 Å². The fourth-order valence-corrected chi connectivity index (χ4v) is 4.50. The number of unbranched alkanes of at least 4 members (excludes halogenated alkanes) is 3. The van der Waals surface area contributed by atoms with Gasteiger partial charge >= 0.3 is 0 Å². The molecule has 1 atom stereocenters. The molecule has 1 aliphatic rings. The number of aliphatic hydroxyl groups is 1. The summed E-state index contributed by atoms with van der Waals surface area (Å²) in [6.45, 7) is 4.55. The normalized spacial score (nSPS) is 15.6. The number of hydrazine groups is 1. The van der Waals surface area contributed by atoms with E-state index < -0.39 is 6.10 Å². The summed E-state index contributed by atoms with van der Waals surface area (Å²) in [5.74, 6) is 11.4. The van der Waals surface area contributed by atoms with Crippen LogP contribution in [0.3, 0.4) is 0 Å². The Balaban J connectivity index is 1.63. The Labute approximate surface area is 217 Å². The van der Waals surface area contributed by atoms with E-state index in [0.717, 1.165) is 59.3 Å². The number of nitrogens with zero attached hydrogens (tertiary/aromatic N) is 4. The molecule has 1 aromatic heterocycles. The van der Waals surface area contributed by atoms with Crippen LogP contribution in [0.15, 0.2) is 53.6 Å². The number of nitrogens with one attached hydrogen (secondary N) is 1. The van der Waals surface area contributed by atoms with Gasteiger partial charge in [-0.15, -0.1) is 0 Å². The number of hydrogen-bond donors (Lipinski definition) is 4. The predicted octanol–water partition coefficient (Wildman–Crippen LogP) is 3.36. The van der Waals surface area contributed by atoms with Crippen molar-refractivity contribution in [3.05, 3.63) is 65.4 Å². The average molecular weight is 502 g/mol. The van der Waals surface area contributed by atoms with Gasteiger partial charge in [-0.05, 0) is 26.7 Å². The van der Waals surface area contributed by atoms with Crippen LogP contribution in [0.2, 0.25) is 0 Å². The summed E-state index contributed by atoms with van der Waals surface area (Å²) in [5.41, 5.74) is 8.77. The Morgan fingerprint density at radius 3 is 2.11 bits per heavy atom. The topological polar surface area (TPSA) is 143 Å². The zero-order chi connectivity index (χ0) is 26.4. The fourth-order valence-electron chi connectivity index (χ4n) is 4.50. The molecule has 0 spiro atoms. The third-order valence-electron chi connectivity index (χ3n) is 6.66. The van der Waals surface area contributed by atoms with Crippen LogP contribution in [0.25, 0.3) is 22.5 Å². The Bertz CT molecular complexity index is 1260. The maximum absolute atomic E-state index is 13.0. The van der Waals surface area contributed by atoms with Crippen LogP contribution in [0.5, 0.6) is 0 Å². The number of aryl methyl sites for hydroxylation is 2. The number of hydrazone groups is 1. The lowest BCUT2D eigenvalue weighted by atomic mass is 10.00. The molecular formula is C28H35N7O2. The summed E-state index contributed by atoms with van der Waals surface area (Å²) in [5, 5.41) is 14.2. The second-order valence-electron chi connectivity index (χ2n) is 9.52. The number of hydrogen-bond acceptors (Lipinski definition) is 7. The highest BCUT2D eigenvalue weighted by Crippen LogP contribution is 2.35. The van der Waals surface area contributed by atoms with Gasteiger partial charge in [0.1, 0.15) is 11.9 Å². The maximum Gasteiger partial charge on any atom is 0.257 e. The van der Waals surface area contributed by atoms with Gasteiger partial charge in [-0.2, -0.15) is 5.10 Å². The third kappa shape index (κ3) is 6.12. The van der Waals surface area contributed by atoms with Gasteiger partial charge in [0.25, 0.3) is 5.91 Å². The molecule has 3 aromatic rings. The van der Waals surface area contributed by atoms with Crippen LogP contribution in [-0.4, -0.2) is 39.5 Å². The van der Waals surface area contributed by atoms with Crippen molar-refractivity contribution in [3.63, 3.8) is 0 Å². The molecule has 0 bridgehead atoms. The number of nitrogens with two attached hydrogens (primary N) is 2. The van der Waals surface area contributed by atoms with Crippen LogP contribution < -0.4 is 22.0 Å². The zero-order valence-electron chi connectivity index (χ0n) is 21.4. The first-order valence-electron chi connectivity index (χ1n) is 12.7. The maximum atomic E-state index is 13.0. The molecule has 1 unspecified atom stereocenters. The number of rotatable bonds is 9. The minimum absolute atomic E-state index is 0.151. The fraction of sp³-hybridized carbons (Fsp3) is 0.357. The molecule has 1 amide bonds. The smallest absolute Gasteiger partial charge is 0.257 e. The van der Waals surface area contributed by atoms with E-state index in [2.05, 4.69) is 10.5 Å². The number of benzene rings is 2. The molecule has 2 aromatic carbocycles. The molecule has 2 heterocycles. The number of amides is 1. The van der Waals surface area contributed by atoms with Crippen LogP contribution in [0.4, 0.5) is 5.82 Å². The molecule has 194 valence electrons. The van der Waals surface area contributed by atoms with Gasteiger partial charge in [-0.3, -0.25) is 9.69 Å². The highest BCUT2D eigenvalue weighted by molar-refractivity contribution is 5.99. The van der Waals surface area contributed by atoms with Crippen molar-refractivity contribution < 1.29 is 9.90 Å². The van der Waals surface area contributed by atoms with Crippen LogP contribution >= 0.6 is 0 Å². The number of anilines is 1. The highest BCUT2D eigenvalue weighted by Gasteiger charge is 2.34. The Hall–Kier alpha value is -3.82. The molecule has 37 heavy (non-hydrogen) atoms. The summed E-state index contributed by atoms with van der Waals surface area (Å²) in [6, 6.07) is 16.3. The number of aliphatic hydroxyl groups excluding tert-OH is 1. The first-order chi connectivity index (χ1) is 17.9. The van der Waals surface area contributed by atoms with Gasteiger partial charge in [0.05, 0.1) is 17.1 Å². The van der Waals surface area contributed by atoms with Crippen LogP contribution in [0.1, 0.15) is 48.9 Å². The molecule has 0 saturated heterocycles. The van der Waals surface area contributed by atoms with Crippen molar-refractivity contribution >= 4 is 17.6 Å². The SMILES string of the molecule is Cc1ccc(-c2nc3c(nc2-c2ccc(C)cc2)N(CCCCCC/C(=N/N)NN)C(=O)C(O)C3)cc1. The number of amidine groups is 1. The number of carbonyl (C=O) groups is 1. The molecule has 0 radical (unpaired) electrons. The monoisotopic (exact) mass is 501 g/mol. The van der Waals surface area contributed by atoms with E-state index in [9.17, 15) is 9.90 Å². The standard InChI is InChI=1S/C28H35N7O2/c1-18-8-12-20(13-9-18)25-26(21-14-10-19(2)11-15-21)32-27-22(31-25)17-23(36)28(37)35(27)16-6-4-3-5-7-24(33-29)34-30/h8-15,23,36H,3-7,16-17,29-30H2,1-2H3,(H,33,34). The molecule has 9 heteroatoms. The minimum atomic E-state index is -1.13. The largest absolute Gasteiger partial charge is 0.383 e. The molecule has 0 aliphatic carbocycles. The summed E-state index contributed by atoms with van der Waals surface area (Å²) in [7, 11) is 0. The second-order valence-corrected chi connectivity index (χ2v) is 9.52. The van der Waals surface area contributed by atoms with E-state index in [4.69, 9.17) is 21.7 Å². The van der Waals surface area contributed by atoms with E-state index in [0.29, 0.717) is 30.3 Å². The molecule has 6 N–H and O–H groups in total. The molecule has 0 saturated carbocycles. The van der Waals surface area contributed by atoms with Crippen molar-refractivity contribution in [3.8, 4) is 22.5 Å². The van der Waals surface area contributed by atoms with E-state index in [1.807, 2.05) is 62.4 Å². The van der Waals surface area contributed by atoms with Crippen molar-refractivity contribution in [2.45, 2.75) is 58.5 Å². The van der Waals surface area contributed by atoms with Gasteiger partial charge in [-0.1, -0.05) is 72.5 Å². The van der Waals surface area contributed by atoms with Gasteiger partial charge in [0.2, 0.25) is 0 Å². The summed E-state index contributed by atoms with van der Waals surface area (Å²) >= 11 is 0. The third-order valence-corrected chi connectivity index (χ3v) is 6.66. The predicted molar refractivity (Wildman–Crippen MR) is 146 cm³/mol. The minimum Gasteiger partial charge on any atom is -0.383 e. The first kappa shape index (κ1) is 26.2. The molecule has 1 aliphatic heterocycles. The van der Waals surface area contributed by atoms with Crippen molar-refractivity contribution in [2.75, 3.05) is 11.4 Å². The second kappa shape index (κ2) is 11.9. The van der Waals surface area contributed by atoms with Crippen LogP contribution in [0, 0.1) is 13.8 Å². The Kier molecular flexibility index (Phi) is 8.47. The zero-order valence-corrected chi connectivity index (χ0v) is 21.4. The van der Waals surface area contributed by atoms with E-state index in [-0.39, 0.29) is 12.3 Å². The Morgan fingerprint density at radius 1 is 0.973 bits per heavy atom. The first-order valence-corrected chi connectivity index (χ1v) is 12.7. The van der Waals surface area contributed by atoms with Gasteiger partial charge in [-0.25, -0.2) is 15.8 Å². The molecule has 9 nitrogen and oxygen atoms in total. The number of fused-ring (bicyclic) bond motifs is 1. The van der Waals surface area contributed by atoms with Gasteiger partial charge in [0, 0.05) is 30.5 Å². The van der Waals surface area contributed by atoms with Crippen LogP contribution in [-0.2, 0) is 11.2 Å². The van der Waals surface area contributed by atoms with Crippen molar-refractivity contribution in [2.24, 2.45) is 16.8 Å². The summed E-state index contributed by atoms with van der Waals surface area (Å²) in [6.07, 6.45) is 3.18. The summed E-state index contributed by atoms with van der Waals surface area (Å²) < 4.78 is 0. The number of carbonyl (C=O) groups excluding carboxylic acids is 1. The quantitative estimate of drug-likeness (QED) is 0.116. The van der Waals surface area contributed by atoms with Gasteiger partial charge < -0.3 is 16.4 Å². The Morgan fingerprint density at radius 2 is 1.54 bits per heavy atom. The van der Waals surface area contributed by atoms with Crippen molar-refractivity contribution in [1.82, 2.24) is 15.4 Å².